The summed E-state index contributed by atoms with van der Waals surface area (Å²) in [4.78, 5) is 13.9. The van der Waals surface area contributed by atoms with Crippen molar-refractivity contribution in [2.75, 3.05) is 24.2 Å². The fraction of sp³-hybridized carbons (Fsp3) is 0.462. The van der Waals surface area contributed by atoms with Gasteiger partial charge in [0, 0.05) is 25.3 Å². The Bertz CT molecular complexity index is 503. The SMILES string of the molecule is CCN(CC)C(=S)SCCC(=O)Nc1sccc1C#N. The van der Waals surface area contributed by atoms with Crippen LogP contribution in [0.5, 0.6) is 0 Å². The quantitative estimate of drug-likeness (QED) is 0.812. The van der Waals surface area contributed by atoms with E-state index in [0.717, 1.165) is 17.4 Å². The summed E-state index contributed by atoms with van der Waals surface area (Å²) in [6.07, 6.45) is 0.384. The first-order chi connectivity index (χ1) is 9.62. The number of nitrogens with one attached hydrogen (secondary N) is 1. The van der Waals surface area contributed by atoms with E-state index in [4.69, 9.17) is 17.5 Å². The Morgan fingerprint density at radius 2 is 2.25 bits per heavy atom. The first kappa shape index (κ1) is 17.0. The number of nitriles is 1. The van der Waals surface area contributed by atoms with Crippen LogP contribution in [0, 0.1) is 11.3 Å². The molecular formula is C13H17N3OS3. The molecule has 1 N–H and O–H groups in total. The number of thioether (sulfide) groups is 1. The van der Waals surface area contributed by atoms with E-state index in [0.29, 0.717) is 22.7 Å². The minimum Gasteiger partial charge on any atom is -0.358 e. The van der Waals surface area contributed by atoms with E-state index in [9.17, 15) is 4.79 Å². The Morgan fingerprint density at radius 3 is 2.85 bits per heavy atom. The molecule has 0 fully saturated rings. The molecule has 1 heterocycles. The molecule has 1 rings (SSSR count). The van der Waals surface area contributed by atoms with Gasteiger partial charge in [-0.05, 0) is 25.3 Å². The van der Waals surface area contributed by atoms with Gasteiger partial charge in [0.15, 0.2) is 0 Å². The average Bonchev–Trinajstić information content (AvgIpc) is 2.87. The second kappa shape index (κ2) is 8.95. The number of nitrogens with zero attached hydrogens (tertiary/aromatic N) is 2. The Labute approximate surface area is 133 Å². The number of thiophene rings is 1. The van der Waals surface area contributed by atoms with Crippen molar-refractivity contribution in [1.82, 2.24) is 4.90 Å². The molecule has 0 aromatic carbocycles. The molecule has 20 heavy (non-hydrogen) atoms. The normalized spacial score (nSPS) is 9.85. The van der Waals surface area contributed by atoms with E-state index >= 15 is 0 Å². The van der Waals surface area contributed by atoms with Gasteiger partial charge < -0.3 is 10.2 Å². The first-order valence-corrected chi connectivity index (χ1v) is 8.58. The van der Waals surface area contributed by atoms with Crippen LogP contribution in [-0.2, 0) is 4.79 Å². The van der Waals surface area contributed by atoms with Crippen molar-refractivity contribution in [2.45, 2.75) is 20.3 Å². The third-order valence-electron chi connectivity index (χ3n) is 2.61. The molecule has 0 aliphatic carbocycles. The van der Waals surface area contributed by atoms with Crippen molar-refractivity contribution < 1.29 is 4.79 Å². The number of carbonyl (C=O) groups is 1. The second-order valence-corrected chi connectivity index (χ2v) is 6.50. The summed E-state index contributed by atoms with van der Waals surface area (Å²) in [7, 11) is 0. The van der Waals surface area contributed by atoms with Crippen LogP contribution in [0.2, 0.25) is 0 Å². The van der Waals surface area contributed by atoms with E-state index in [1.54, 1.807) is 11.4 Å². The molecular weight excluding hydrogens is 310 g/mol. The monoisotopic (exact) mass is 327 g/mol. The fourth-order valence-corrected chi connectivity index (χ4v) is 3.65. The molecule has 1 amide bonds. The third kappa shape index (κ3) is 5.12. The largest absolute Gasteiger partial charge is 0.358 e. The molecule has 0 aliphatic heterocycles. The number of thiocarbonyl (C=S) groups is 1. The zero-order valence-electron chi connectivity index (χ0n) is 11.5. The van der Waals surface area contributed by atoms with Crippen LogP contribution in [0.25, 0.3) is 0 Å². The van der Waals surface area contributed by atoms with Crippen molar-refractivity contribution in [3.8, 4) is 6.07 Å². The lowest BCUT2D eigenvalue weighted by Gasteiger charge is -2.20. The van der Waals surface area contributed by atoms with Gasteiger partial charge in [-0.1, -0.05) is 24.0 Å². The maximum Gasteiger partial charge on any atom is 0.225 e. The minimum atomic E-state index is -0.0844. The van der Waals surface area contributed by atoms with Gasteiger partial charge in [0.25, 0.3) is 0 Å². The highest BCUT2D eigenvalue weighted by atomic mass is 32.2. The van der Waals surface area contributed by atoms with E-state index in [2.05, 4.69) is 24.1 Å². The third-order valence-corrected chi connectivity index (χ3v) is 4.97. The van der Waals surface area contributed by atoms with Gasteiger partial charge >= 0.3 is 0 Å². The van der Waals surface area contributed by atoms with Crippen LogP contribution >= 0.6 is 35.3 Å². The summed E-state index contributed by atoms with van der Waals surface area (Å²) in [6, 6.07) is 3.75. The van der Waals surface area contributed by atoms with Gasteiger partial charge in [-0.25, -0.2) is 0 Å². The highest BCUT2D eigenvalue weighted by Gasteiger charge is 2.10. The van der Waals surface area contributed by atoms with Crippen molar-refractivity contribution in [3.05, 3.63) is 17.0 Å². The molecule has 4 nitrogen and oxygen atoms in total. The average molecular weight is 328 g/mol. The molecule has 0 atom stereocenters. The summed E-state index contributed by atoms with van der Waals surface area (Å²) in [5, 5.41) is 14.0. The summed E-state index contributed by atoms with van der Waals surface area (Å²) in [5.41, 5.74) is 0.509. The van der Waals surface area contributed by atoms with Gasteiger partial charge in [-0.3, -0.25) is 4.79 Å². The van der Waals surface area contributed by atoms with E-state index in [1.807, 2.05) is 6.07 Å². The molecule has 0 aliphatic rings. The topological polar surface area (TPSA) is 56.1 Å². The summed E-state index contributed by atoms with van der Waals surface area (Å²) < 4.78 is 0.830. The molecule has 1 aromatic heterocycles. The maximum atomic E-state index is 11.8. The maximum absolute atomic E-state index is 11.8. The van der Waals surface area contributed by atoms with Gasteiger partial charge in [0.1, 0.15) is 15.4 Å². The summed E-state index contributed by atoms with van der Waals surface area (Å²) in [5.74, 6) is 0.563. The Hall–Kier alpha value is -1.10. The van der Waals surface area contributed by atoms with Gasteiger partial charge in [-0.15, -0.1) is 11.3 Å². The van der Waals surface area contributed by atoms with Crippen LogP contribution in [0.3, 0.4) is 0 Å². The molecule has 0 saturated carbocycles. The molecule has 0 bridgehead atoms. The van der Waals surface area contributed by atoms with E-state index in [1.165, 1.54) is 23.1 Å². The van der Waals surface area contributed by atoms with Gasteiger partial charge in [-0.2, -0.15) is 5.26 Å². The van der Waals surface area contributed by atoms with Crippen LogP contribution in [0.4, 0.5) is 5.00 Å². The highest BCUT2D eigenvalue weighted by Crippen LogP contribution is 2.22. The minimum absolute atomic E-state index is 0.0844. The lowest BCUT2D eigenvalue weighted by atomic mass is 10.3. The molecule has 0 saturated heterocycles. The second-order valence-electron chi connectivity index (χ2n) is 3.86. The number of rotatable bonds is 6. The number of carbonyl (C=O) groups excluding carboxylic acids is 1. The molecule has 108 valence electrons. The fourth-order valence-electron chi connectivity index (χ4n) is 1.49. The van der Waals surface area contributed by atoms with Crippen molar-refractivity contribution in [2.24, 2.45) is 0 Å². The standard InChI is InChI=1S/C13H17N3OS3/c1-3-16(4-2)13(18)20-8-6-11(17)15-12-10(9-14)5-7-19-12/h5,7H,3-4,6,8H2,1-2H3,(H,15,17). The number of hydrogen-bond donors (Lipinski definition) is 1. The van der Waals surface area contributed by atoms with Crippen molar-refractivity contribution in [1.29, 1.82) is 5.26 Å². The van der Waals surface area contributed by atoms with Crippen LogP contribution in [0.15, 0.2) is 11.4 Å². The highest BCUT2D eigenvalue weighted by molar-refractivity contribution is 8.22. The number of hydrogen-bond acceptors (Lipinski definition) is 5. The molecule has 0 radical (unpaired) electrons. The smallest absolute Gasteiger partial charge is 0.225 e. The van der Waals surface area contributed by atoms with Crippen LogP contribution < -0.4 is 5.32 Å². The summed E-state index contributed by atoms with van der Waals surface area (Å²) in [6.45, 7) is 5.89. The predicted octanol–water partition coefficient (Wildman–Crippen LogP) is 3.31. The van der Waals surface area contributed by atoms with Gasteiger partial charge in [0.2, 0.25) is 5.91 Å². The molecule has 1 aromatic rings. The Balaban J connectivity index is 2.34. The van der Waals surface area contributed by atoms with E-state index in [-0.39, 0.29) is 5.91 Å². The van der Waals surface area contributed by atoms with Gasteiger partial charge in [0.05, 0.1) is 5.56 Å². The van der Waals surface area contributed by atoms with E-state index < -0.39 is 0 Å². The zero-order valence-corrected chi connectivity index (χ0v) is 14.0. The zero-order chi connectivity index (χ0) is 15.0. The predicted molar refractivity (Wildman–Crippen MR) is 90.3 cm³/mol. The first-order valence-electron chi connectivity index (χ1n) is 6.31. The van der Waals surface area contributed by atoms with Crippen molar-refractivity contribution in [3.63, 3.8) is 0 Å². The van der Waals surface area contributed by atoms with Crippen LogP contribution in [0.1, 0.15) is 25.8 Å². The Morgan fingerprint density at radius 1 is 1.55 bits per heavy atom. The van der Waals surface area contributed by atoms with Crippen molar-refractivity contribution >= 4 is 50.5 Å². The number of anilines is 1. The lowest BCUT2D eigenvalue weighted by molar-refractivity contribution is -0.115. The summed E-state index contributed by atoms with van der Waals surface area (Å²) >= 11 is 8.18. The lowest BCUT2D eigenvalue weighted by Crippen LogP contribution is -2.27. The molecule has 0 unspecified atom stereocenters. The van der Waals surface area contributed by atoms with Crippen LogP contribution in [-0.4, -0.2) is 34.0 Å². The Kier molecular flexibility index (Phi) is 7.59. The molecule has 7 heteroatoms. The number of amides is 1. The molecule has 0 spiro atoms.